The second kappa shape index (κ2) is 5.89. The van der Waals surface area contributed by atoms with Crippen molar-refractivity contribution < 1.29 is 9.84 Å². The number of hydrogen-bond acceptors (Lipinski definition) is 2. The fraction of sp³-hybridized carbons (Fsp3) is 0.294. The Morgan fingerprint density at radius 1 is 1.00 bits per heavy atom. The fourth-order valence-electron chi connectivity index (χ4n) is 2.10. The highest BCUT2D eigenvalue weighted by Crippen LogP contribution is 2.27. The minimum absolute atomic E-state index is 0.130. The Kier molecular flexibility index (Phi) is 4.23. The molecule has 1 N–H and O–H groups in total. The highest BCUT2D eigenvalue weighted by molar-refractivity contribution is 5.38. The number of hydrogen-bond donors (Lipinski definition) is 1. The van der Waals surface area contributed by atoms with Gasteiger partial charge >= 0.3 is 0 Å². The van der Waals surface area contributed by atoms with Crippen molar-refractivity contribution in [2.24, 2.45) is 0 Å². The van der Waals surface area contributed by atoms with Gasteiger partial charge in [-0.2, -0.15) is 0 Å². The van der Waals surface area contributed by atoms with Crippen LogP contribution in [0.5, 0.6) is 5.75 Å². The number of benzene rings is 2. The molecule has 2 aromatic carbocycles. The van der Waals surface area contributed by atoms with Crippen LogP contribution in [0, 0.1) is 6.92 Å². The predicted molar refractivity (Wildman–Crippen MR) is 77.4 cm³/mol. The molecule has 2 nitrogen and oxygen atoms in total. The van der Waals surface area contributed by atoms with Crippen molar-refractivity contribution in [3.63, 3.8) is 0 Å². The van der Waals surface area contributed by atoms with Gasteiger partial charge in [-0.15, -0.1) is 0 Å². The maximum atomic E-state index is 10.5. The van der Waals surface area contributed by atoms with Crippen LogP contribution in [0.1, 0.15) is 36.6 Å². The molecule has 0 aliphatic rings. The van der Waals surface area contributed by atoms with Crippen LogP contribution in [0.2, 0.25) is 0 Å². The first-order chi connectivity index (χ1) is 9.08. The Balaban J connectivity index is 2.29. The maximum Gasteiger partial charge on any atom is 0.120 e. The van der Waals surface area contributed by atoms with Gasteiger partial charge in [-0.1, -0.05) is 36.4 Å². The predicted octanol–water partition coefficient (Wildman–Crippen LogP) is 3.86. The summed E-state index contributed by atoms with van der Waals surface area (Å²) in [6.45, 7) is 5.99. The van der Waals surface area contributed by atoms with E-state index in [2.05, 4.69) is 0 Å². The number of aryl methyl sites for hydroxylation is 1. The third-order valence-electron chi connectivity index (χ3n) is 3.03. The van der Waals surface area contributed by atoms with Gasteiger partial charge in [0.15, 0.2) is 0 Å². The molecule has 0 spiro atoms. The van der Waals surface area contributed by atoms with Crippen LogP contribution in [0.4, 0.5) is 0 Å². The van der Waals surface area contributed by atoms with E-state index in [-0.39, 0.29) is 6.10 Å². The number of aliphatic hydroxyl groups is 1. The molecule has 0 bridgehead atoms. The molecule has 0 amide bonds. The van der Waals surface area contributed by atoms with Crippen molar-refractivity contribution in [1.82, 2.24) is 0 Å². The molecule has 0 aliphatic heterocycles. The zero-order chi connectivity index (χ0) is 13.8. The lowest BCUT2D eigenvalue weighted by molar-refractivity contribution is 0.216. The van der Waals surface area contributed by atoms with Crippen LogP contribution in [-0.4, -0.2) is 11.2 Å². The average Bonchev–Trinajstić information content (AvgIpc) is 2.38. The molecule has 19 heavy (non-hydrogen) atoms. The first kappa shape index (κ1) is 13.6. The van der Waals surface area contributed by atoms with E-state index in [1.165, 1.54) is 0 Å². The summed E-state index contributed by atoms with van der Waals surface area (Å²) < 4.78 is 5.66. The Morgan fingerprint density at radius 3 is 2.42 bits per heavy atom. The summed E-state index contributed by atoms with van der Waals surface area (Å²) in [4.78, 5) is 0. The van der Waals surface area contributed by atoms with E-state index in [0.29, 0.717) is 0 Å². The molecule has 0 aromatic heterocycles. The monoisotopic (exact) mass is 256 g/mol. The van der Waals surface area contributed by atoms with Gasteiger partial charge in [0.1, 0.15) is 11.9 Å². The van der Waals surface area contributed by atoms with Crippen LogP contribution >= 0.6 is 0 Å². The van der Waals surface area contributed by atoms with Gasteiger partial charge in [-0.25, -0.2) is 0 Å². The van der Waals surface area contributed by atoms with Crippen LogP contribution in [0.15, 0.2) is 48.5 Å². The van der Waals surface area contributed by atoms with Gasteiger partial charge < -0.3 is 9.84 Å². The van der Waals surface area contributed by atoms with Crippen molar-refractivity contribution in [3.05, 3.63) is 65.2 Å². The van der Waals surface area contributed by atoms with Crippen molar-refractivity contribution in [2.75, 3.05) is 0 Å². The molecule has 0 saturated heterocycles. The molecule has 0 heterocycles. The van der Waals surface area contributed by atoms with Gasteiger partial charge in [0.2, 0.25) is 0 Å². The van der Waals surface area contributed by atoms with Crippen LogP contribution in [-0.2, 0) is 0 Å². The van der Waals surface area contributed by atoms with Crippen molar-refractivity contribution in [1.29, 1.82) is 0 Å². The molecule has 0 aliphatic carbocycles. The summed E-state index contributed by atoms with van der Waals surface area (Å²) in [5, 5.41) is 10.5. The van der Waals surface area contributed by atoms with Crippen molar-refractivity contribution >= 4 is 0 Å². The van der Waals surface area contributed by atoms with Gasteiger partial charge in [0, 0.05) is 0 Å². The van der Waals surface area contributed by atoms with Crippen molar-refractivity contribution in [2.45, 2.75) is 33.0 Å². The van der Waals surface area contributed by atoms with Gasteiger partial charge in [0.05, 0.1) is 6.10 Å². The third kappa shape index (κ3) is 3.36. The Labute approximate surface area is 114 Å². The number of aliphatic hydroxyl groups excluding tert-OH is 1. The minimum Gasteiger partial charge on any atom is -0.491 e. The lowest BCUT2D eigenvalue weighted by Crippen LogP contribution is -2.07. The fourth-order valence-corrected chi connectivity index (χ4v) is 2.10. The summed E-state index contributed by atoms with van der Waals surface area (Å²) in [7, 11) is 0. The molecule has 2 rings (SSSR count). The molecule has 0 radical (unpaired) electrons. The average molecular weight is 256 g/mol. The summed E-state index contributed by atoms with van der Waals surface area (Å²) >= 11 is 0. The molecule has 1 atom stereocenters. The Bertz CT molecular complexity index is 546. The standard InChI is InChI=1S/C17H20O2/c1-12(2)19-15-9-6-8-14(11-15)17(18)16-10-5-4-7-13(16)3/h4-12,17-18H,1-3H3. The van der Waals surface area contributed by atoms with Gasteiger partial charge in [-0.05, 0) is 49.6 Å². The summed E-state index contributed by atoms with van der Waals surface area (Å²) in [5.41, 5.74) is 2.88. The first-order valence-electron chi connectivity index (χ1n) is 6.58. The van der Waals surface area contributed by atoms with E-state index >= 15 is 0 Å². The van der Waals surface area contributed by atoms with E-state index in [1.54, 1.807) is 0 Å². The first-order valence-corrected chi connectivity index (χ1v) is 6.58. The summed E-state index contributed by atoms with van der Waals surface area (Å²) in [6, 6.07) is 15.5. The molecular formula is C17H20O2. The molecule has 0 fully saturated rings. The van der Waals surface area contributed by atoms with E-state index in [9.17, 15) is 5.11 Å². The van der Waals surface area contributed by atoms with E-state index < -0.39 is 6.10 Å². The zero-order valence-electron chi connectivity index (χ0n) is 11.6. The van der Waals surface area contributed by atoms with Crippen LogP contribution in [0.3, 0.4) is 0 Å². The number of rotatable bonds is 4. The summed E-state index contributed by atoms with van der Waals surface area (Å²) in [6.07, 6.45) is -0.484. The SMILES string of the molecule is Cc1ccccc1C(O)c1cccc(OC(C)C)c1. The molecule has 2 aromatic rings. The van der Waals surface area contributed by atoms with Gasteiger partial charge in [-0.3, -0.25) is 0 Å². The Hall–Kier alpha value is -1.80. The largest absolute Gasteiger partial charge is 0.491 e. The highest BCUT2D eigenvalue weighted by atomic mass is 16.5. The lowest BCUT2D eigenvalue weighted by atomic mass is 9.97. The molecular weight excluding hydrogens is 236 g/mol. The van der Waals surface area contributed by atoms with Crippen LogP contribution in [0.25, 0.3) is 0 Å². The van der Waals surface area contributed by atoms with E-state index in [1.807, 2.05) is 69.3 Å². The molecule has 100 valence electrons. The number of ether oxygens (including phenoxy) is 1. The zero-order valence-corrected chi connectivity index (χ0v) is 11.6. The third-order valence-corrected chi connectivity index (χ3v) is 3.03. The molecule has 1 unspecified atom stereocenters. The Morgan fingerprint density at radius 2 is 1.74 bits per heavy atom. The summed E-state index contributed by atoms with van der Waals surface area (Å²) in [5.74, 6) is 0.792. The van der Waals surface area contributed by atoms with E-state index in [4.69, 9.17) is 4.74 Å². The quantitative estimate of drug-likeness (QED) is 0.900. The second-order valence-corrected chi connectivity index (χ2v) is 5.00. The highest BCUT2D eigenvalue weighted by Gasteiger charge is 2.13. The smallest absolute Gasteiger partial charge is 0.120 e. The normalized spacial score (nSPS) is 12.5. The minimum atomic E-state index is -0.614. The lowest BCUT2D eigenvalue weighted by Gasteiger charge is -2.16. The molecule has 2 heteroatoms. The molecule has 0 saturated carbocycles. The second-order valence-electron chi connectivity index (χ2n) is 5.00. The maximum absolute atomic E-state index is 10.5. The van der Waals surface area contributed by atoms with Crippen molar-refractivity contribution in [3.8, 4) is 5.75 Å². The van der Waals surface area contributed by atoms with E-state index in [0.717, 1.165) is 22.4 Å². The van der Waals surface area contributed by atoms with Crippen LogP contribution < -0.4 is 4.74 Å². The van der Waals surface area contributed by atoms with Gasteiger partial charge in [0.25, 0.3) is 0 Å². The topological polar surface area (TPSA) is 29.5 Å².